The Morgan fingerprint density at radius 3 is 2.67 bits per heavy atom. The van der Waals surface area contributed by atoms with Gasteiger partial charge in [0.05, 0.1) is 12.2 Å². The summed E-state index contributed by atoms with van der Waals surface area (Å²) >= 11 is 0. The van der Waals surface area contributed by atoms with Gasteiger partial charge in [0.15, 0.2) is 5.52 Å². The SMILES string of the molecule is Cl.NCc1nc2c(C3CCCC3)[nH]nc2c(=O)[nH]1. The minimum atomic E-state index is -0.212. The molecule has 0 radical (unpaired) electrons. The smallest absolute Gasteiger partial charge is 0.279 e. The fraction of sp³-hybridized carbons (Fsp3) is 0.545. The van der Waals surface area contributed by atoms with Crippen LogP contribution in [0.4, 0.5) is 0 Å². The Morgan fingerprint density at radius 1 is 1.28 bits per heavy atom. The van der Waals surface area contributed by atoms with E-state index in [-0.39, 0.29) is 24.5 Å². The molecule has 6 nitrogen and oxygen atoms in total. The van der Waals surface area contributed by atoms with E-state index in [2.05, 4.69) is 20.2 Å². The van der Waals surface area contributed by atoms with E-state index in [0.717, 1.165) is 18.5 Å². The van der Waals surface area contributed by atoms with Crippen LogP contribution in [-0.4, -0.2) is 20.2 Å². The molecular weight excluding hydrogens is 254 g/mol. The van der Waals surface area contributed by atoms with Gasteiger partial charge in [0.1, 0.15) is 11.3 Å². The van der Waals surface area contributed by atoms with E-state index < -0.39 is 0 Å². The van der Waals surface area contributed by atoms with Gasteiger partial charge in [-0.3, -0.25) is 9.89 Å². The van der Waals surface area contributed by atoms with Gasteiger partial charge in [-0.1, -0.05) is 12.8 Å². The van der Waals surface area contributed by atoms with E-state index in [1.807, 2.05) is 0 Å². The second-order valence-corrected chi connectivity index (χ2v) is 4.53. The molecule has 1 fully saturated rings. The summed E-state index contributed by atoms with van der Waals surface area (Å²) in [6.45, 7) is 0.237. The van der Waals surface area contributed by atoms with E-state index in [9.17, 15) is 4.79 Å². The van der Waals surface area contributed by atoms with Gasteiger partial charge in [-0.2, -0.15) is 5.10 Å². The molecule has 7 heteroatoms. The van der Waals surface area contributed by atoms with Crippen molar-refractivity contribution >= 4 is 23.4 Å². The van der Waals surface area contributed by atoms with Gasteiger partial charge in [0.2, 0.25) is 0 Å². The van der Waals surface area contributed by atoms with Gasteiger partial charge in [-0.05, 0) is 12.8 Å². The molecule has 3 rings (SSSR count). The summed E-state index contributed by atoms with van der Waals surface area (Å²) in [4.78, 5) is 18.8. The maximum absolute atomic E-state index is 11.8. The third kappa shape index (κ3) is 2.02. The molecule has 0 aliphatic heterocycles. The fourth-order valence-electron chi connectivity index (χ4n) is 2.57. The van der Waals surface area contributed by atoms with E-state index >= 15 is 0 Å². The maximum atomic E-state index is 11.8. The Morgan fingerprint density at radius 2 is 2.00 bits per heavy atom. The second-order valence-electron chi connectivity index (χ2n) is 4.53. The summed E-state index contributed by atoms with van der Waals surface area (Å²) in [6.07, 6.45) is 4.75. The number of H-pyrrole nitrogens is 2. The van der Waals surface area contributed by atoms with Crippen LogP contribution in [0.25, 0.3) is 11.0 Å². The first-order chi connectivity index (χ1) is 8.29. The molecule has 0 amide bonds. The number of aromatic amines is 2. The van der Waals surface area contributed by atoms with Gasteiger partial charge < -0.3 is 10.7 Å². The molecule has 2 aromatic heterocycles. The fourth-order valence-corrected chi connectivity index (χ4v) is 2.57. The van der Waals surface area contributed by atoms with E-state index in [4.69, 9.17) is 5.73 Å². The predicted molar refractivity (Wildman–Crippen MR) is 70.9 cm³/mol. The van der Waals surface area contributed by atoms with Crippen molar-refractivity contribution in [3.05, 3.63) is 21.9 Å². The van der Waals surface area contributed by atoms with Crippen LogP contribution in [0.5, 0.6) is 0 Å². The molecule has 2 aromatic rings. The molecule has 4 N–H and O–H groups in total. The molecule has 0 aromatic carbocycles. The van der Waals surface area contributed by atoms with Crippen LogP contribution in [0.3, 0.4) is 0 Å². The van der Waals surface area contributed by atoms with Crippen LogP contribution >= 0.6 is 12.4 Å². The van der Waals surface area contributed by atoms with Crippen LogP contribution in [-0.2, 0) is 6.54 Å². The van der Waals surface area contributed by atoms with Crippen molar-refractivity contribution in [2.75, 3.05) is 0 Å². The van der Waals surface area contributed by atoms with Gasteiger partial charge in [0.25, 0.3) is 5.56 Å². The van der Waals surface area contributed by atoms with Crippen LogP contribution in [0.15, 0.2) is 4.79 Å². The molecule has 0 bridgehead atoms. The average molecular weight is 270 g/mol. The van der Waals surface area contributed by atoms with Crippen molar-refractivity contribution in [3.63, 3.8) is 0 Å². The minimum absolute atomic E-state index is 0. The van der Waals surface area contributed by atoms with E-state index in [1.165, 1.54) is 12.8 Å². The number of aromatic nitrogens is 4. The number of halogens is 1. The number of fused-ring (bicyclic) bond motifs is 1. The van der Waals surface area contributed by atoms with Crippen LogP contribution in [0.2, 0.25) is 0 Å². The topological polar surface area (TPSA) is 100 Å². The minimum Gasteiger partial charge on any atom is -0.324 e. The molecule has 98 valence electrons. The first-order valence-corrected chi connectivity index (χ1v) is 5.97. The number of hydrogen-bond donors (Lipinski definition) is 3. The Hall–Kier alpha value is -1.40. The lowest BCUT2D eigenvalue weighted by molar-refractivity contribution is 0.696. The van der Waals surface area contributed by atoms with Crippen molar-refractivity contribution in [2.45, 2.75) is 38.1 Å². The van der Waals surface area contributed by atoms with Gasteiger partial charge in [-0.25, -0.2) is 4.98 Å². The summed E-state index contributed by atoms with van der Waals surface area (Å²) in [5, 5.41) is 7.04. The highest BCUT2D eigenvalue weighted by Crippen LogP contribution is 2.35. The predicted octanol–water partition coefficient (Wildman–Crippen LogP) is 1.18. The third-order valence-electron chi connectivity index (χ3n) is 3.44. The van der Waals surface area contributed by atoms with Crippen molar-refractivity contribution < 1.29 is 0 Å². The zero-order valence-corrected chi connectivity index (χ0v) is 10.7. The summed E-state index contributed by atoms with van der Waals surface area (Å²) in [5.74, 6) is 0.975. The molecule has 0 unspecified atom stereocenters. The van der Waals surface area contributed by atoms with E-state index in [0.29, 0.717) is 22.8 Å². The molecular formula is C11H16ClN5O. The highest BCUT2D eigenvalue weighted by Gasteiger charge is 2.23. The van der Waals surface area contributed by atoms with Gasteiger partial charge in [-0.15, -0.1) is 12.4 Å². The third-order valence-corrected chi connectivity index (χ3v) is 3.44. The highest BCUT2D eigenvalue weighted by atomic mass is 35.5. The number of nitrogens with one attached hydrogen (secondary N) is 2. The Labute approximate surface area is 110 Å². The van der Waals surface area contributed by atoms with Crippen LogP contribution < -0.4 is 11.3 Å². The second kappa shape index (κ2) is 5.07. The van der Waals surface area contributed by atoms with E-state index in [1.54, 1.807) is 0 Å². The van der Waals surface area contributed by atoms with Gasteiger partial charge >= 0.3 is 0 Å². The Kier molecular flexibility index (Phi) is 3.68. The summed E-state index contributed by atoms with van der Waals surface area (Å²) in [6, 6.07) is 0. The lowest BCUT2D eigenvalue weighted by Crippen LogP contribution is -2.14. The van der Waals surface area contributed by atoms with Crippen molar-refractivity contribution in [3.8, 4) is 0 Å². The lowest BCUT2D eigenvalue weighted by atomic mass is 10.0. The largest absolute Gasteiger partial charge is 0.324 e. The molecule has 18 heavy (non-hydrogen) atoms. The normalized spacial score (nSPS) is 16.1. The molecule has 0 saturated heterocycles. The van der Waals surface area contributed by atoms with Crippen molar-refractivity contribution in [1.82, 2.24) is 20.2 Å². The first kappa shape index (κ1) is 13.0. The van der Waals surface area contributed by atoms with Crippen molar-refractivity contribution in [2.24, 2.45) is 5.73 Å². The van der Waals surface area contributed by atoms with Crippen molar-refractivity contribution in [1.29, 1.82) is 0 Å². The van der Waals surface area contributed by atoms with Crippen LogP contribution in [0, 0.1) is 0 Å². The Bertz CT molecular complexity index is 599. The summed E-state index contributed by atoms with van der Waals surface area (Å²) in [5.41, 5.74) is 7.39. The number of nitrogens with zero attached hydrogens (tertiary/aromatic N) is 2. The molecule has 2 heterocycles. The van der Waals surface area contributed by atoms with Crippen LogP contribution in [0.1, 0.15) is 43.1 Å². The van der Waals surface area contributed by atoms with Gasteiger partial charge in [0, 0.05) is 5.92 Å². The molecule has 1 aliphatic rings. The maximum Gasteiger partial charge on any atom is 0.279 e. The summed E-state index contributed by atoms with van der Waals surface area (Å²) < 4.78 is 0. The molecule has 1 aliphatic carbocycles. The summed E-state index contributed by atoms with van der Waals surface area (Å²) in [7, 11) is 0. The quantitative estimate of drug-likeness (QED) is 0.762. The zero-order chi connectivity index (χ0) is 11.8. The zero-order valence-electron chi connectivity index (χ0n) is 9.90. The Balaban J connectivity index is 0.00000120. The first-order valence-electron chi connectivity index (χ1n) is 5.97. The number of rotatable bonds is 2. The molecule has 0 atom stereocenters. The molecule has 0 spiro atoms. The number of hydrogen-bond acceptors (Lipinski definition) is 4. The average Bonchev–Trinajstić information content (AvgIpc) is 2.96. The molecule has 1 saturated carbocycles. The highest BCUT2D eigenvalue weighted by molar-refractivity contribution is 5.85. The monoisotopic (exact) mass is 269 g/mol. The standard InChI is InChI=1S/C11H15N5O.ClH/c12-5-7-13-9-8(6-3-1-2-4-6)15-16-10(9)11(17)14-7;/h6H,1-5,12H2,(H,15,16)(H,13,14,17);1H. The lowest BCUT2D eigenvalue weighted by Gasteiger charge is -2.05. The number of nitrogens with two attached hydrogens (primary N) is 1.